The summed E-state index contributed by atoms with van der Waals surface area (Å²) in [7, 11) is 0. The van der Waals surface area contributed by atoms with Crippen LogP contribution in [-0.2, 0) is 28.2 Å². The number of pyridine rings is 1. The van der Waals surface area contributed by atoms with Crippen molar-refractivity contribution in [3.05, 3.63) is 87.7 Å². The van der Waals surface area contributed by atoms with E-state index in [9.17, 15) is 13.6 Å². The molecule has 0 bridgehead atoms. The van der Waals surface area contributed by atoms with Crippen molar-refractivity contribution in [2.45, 2.75) is 58.2 Å². The Hall–Kier alpha value is -2.97. The first-order chi connectivity index (χ1) is 17.1. The number of hydrogen-bond acceptors (Lipinski definition) is 5. The Morgan fingerprint density at radius 3 is 2.44 bits per heavy atom. The molecule has 3 heterocycles. The minimum atomic E-state index is -0.699. The lowest BCUT2D eigenvalue weighted by atomic mass is 9.86. The highest BCUT2D eigenvalue weighted by Crippen LogP contribution is 2.36. The Morgan fingerprint density at radius 1 is 1.11 bits per heavy atom. The van der Waals surface area contributed by atoms with E-state index in [0.29, 0.717) is 36.9 Å². The molecule has 4 rings (SSSR count). The number of benzene rings is 1. The molecule has 0 unspecified atom stereocenters. The Balaban J connectivity index is 1.45. The molecule has 2 aromatic heterocycles. The zero-order valence-corrected chi connectivity index (χ0v) is 21.4. The van der Waals surface area contributed by atoms with E-state index in [1.165, 1.54) is 18.2 Å². The van der Waals surface area contributed by atoms with Crippen molar-refractivity contribution in [2.24, 2.45) is 0 Å². The second-order valence-electron chi connectivity index (χ2n) is 9.50. The molecule has 1 aromatic carbocycles. The molecule has 0 N–H and O–H groups in total. The van der Waals surface area contributed by atoms with Crippen LogP contribution in [-0.4, -0.2) is 38.8 Å². The topological polar surface area (TPSA) is 68.2 Å². The van der Waals surface area contributed by atoms with Crippen LogP contribution in [0.1, 0.15) is 60.9 Å². The molecule has 0 radical (unpaired) electrons. The quantitative estimate of drug-likeness (QED) is 0.389. The highest BCUT2D eigenvalue weighted by Gasteiger charge is 2.32. The van der Waals surface area contributed by atoms with Crippen molar-refractivity contribution in [3.8, 4) is 0 Å². The SMILES string of the molecule is Cc1ncc(C(C)(C)OCc2cccc(Cl)n2)c(C2CCN(C(=O)Cc3c(F)cccc3F)CC2)n1. The second-order valence-corrected chi connectivity index (χ2v) is 9.89. The van der Waals surface area contributed by atoms with E-state index >= 15 is 0 Å². The number of amides is 1. The van der Waals surface area contributed by atoms with Crippen LogP contribution < -0.4 is 0 Å². The maximum atomic E-state index is 14.0. The fourth-order valence-corrected chi connectivity index (χ4v) is 4.67. The summed E-state index contributed by atoms with van der Waals surface area (Å²) in [6.45, 7) is 7.03. The highest BCUT2D eigenvalue weighted by atomic mass is 35.5. The van der Waals surface area contributed by atoms with E-state index < -0.39 is 17.2 Å². The van der Waals surface area contributed by atoms with Crippen LogP contribution >= 0.6 is 11.6 Å². The standard InChI is InChI=1S/C27H29ClF2N4O2/c1-17-31-15-21(27(2,3)36-16-19-6-4-9-24(28)33-19)26(32-17)18-10-12-34(13-11-18)25(35)14-20-22(29)7-5-8-23(20)30/h4-9,15,18H,10-14,16H2,1-3H3. The largest absolute Gasteiger partial charge is 0.364 e. The van der Waals surface area contributed by atoms with Gasteiger partial charge in [-0.25, -0.2) is 23.7 Å². The van der Waals surface area contributed by atoms with Gasteiger partial charge in [-0.2, -0.15) is 0 Å². The molecule has 190 valence electrons. The van der Waals surface area contributed by atoms with Crippen LogP contribution in [0.2, 0.25) is 5.15 Å². The zero-order valence-electron chi connectivity index (χ0n) is 20.6. The molecular weight excluding hydrogens is 486 g/mol. The number of carbonyl (C=O) groups excluding carboxylic acids is 1. The van der Waals surface area contributed by atoms with E-state index in [0.717, 1.165) is 17.0 Å². The third-order valence-electron chi connectivity index (χ3n) is 6.57. The molecule has 1 aliphatic heterocycles. The molecule has 0 atom stereocenters. The van der Waals surface area contributed by atoms with Crippen LogP contribution in [0, 0.1) is 18.6 Å². The fraction of sp³-hybridized carbons (Fsp3) is 0.407. The van der Waals surface area contributed by atoms with Crippen LogP contribution in [0.4, 0.5) is 8.78 Å². The average Bonchev–Trinajstić information content (AvgIpc) is 2.85. The van der Waals surface area contributed by atoms with Crippen molar-refractivity contribution in [3.63, 3.8) is 0 Å². The van der Waals surface area contributed by atoms with Crippen LogP contribution in [0.5, 0.6) is 0 Å². The Bertz CT molecular complexity index is 1230. The summed E-state index contributed by atoms with van der Waals surface area (Å²) in [5.74, 6) is -0.920. The molecule has 36 heavy (non-hydrogen) atoms. The predicted octanol–water partition coefficient (Wildman–Crippen LogP) is 5.51. The number of nitrogens with zero attached hydrogens (tertiary/aromatic N) is 4. The van der Waals surface area contributed by atoms with Crippen LogP contribution in [0.25, 0.3) is 0 Å². The van der Waals surface area contributed by atoms with E-state index in [2.05, 4.69) is 9.97 Å². The maximum Gasteiger partial charge on any atom is 0.227 e. The van der Waals surface area contributed by atoms with Crippen molar-refractivity contribution in [1.82, 2.24) is 19.9 Å². The number of aryl methyl sites for hydroxylation is 1. The molecule has 9 heteroatoms. The monoisotopic (exact) mass is 514 g/mol. The average molecular weight is 515 g/mol. The smallest absolute Gasteiger partial charge is 0.227 e. The Labute approximate surface area is 214 Å². The normalized spacial score (nSPS) is 14.8. The van der Waals surface area contributed by atoms with Gasteiger partial charge in [-0.05, 0) is 57.9 Å². The molecule has 0 aliphatic carbocycles. The summed E-state index contributed by atoms with van der Waals surface area (Å²) in [6.07, 6.45) is 2.88. The molecule has 1 saturated heterocycles. The first-order valence-electron chi connectivity index (χ1n) is 11.9. The summed E-state index contributed by atoms with van der Waals surface area (Å²) in [4.78, 5) is 27.9. The van der Waals surface area contributed by atoms with Crippen LogP contribution in [0.3, 0.4) is 0 Å². The van der Waals surface area contributed by atoms with Crippen molar-refractivity contribution < 1.29 is 18.3 Å². The Morgan fingerprint density at radius 2 is 1.78 bits per heavy atom. The van der Waals surface area contributed by atoms with Gasteiger partial charge in [0.1, 0.15) is 22.6 Å². The van der Waals surface area contributed by atoms with Gasteiger partial charge >= 0.3 is 0 Å². The van der Waals surface area contributed by atoms with E-state index in [1.54, 1.807) is 11.0 Å². The summed E-state index contributed by atoms with van der Waals surface area (Å²) >= 11 is 6.00. The van der Waals surface area contributed by atoms with E-state index in [-0.39, 0.29) is 30.4 Å². The number of hydrogen-bond donors (Lipinski definition) is 0. The van der Waals surface area contributed by atoms with Gasteiger partial charge in [0, 0.05) is 36.3 Å². The molecule has 3 aromatic rings. The lowest BCUT2D eigenvalue weighted by Crippen LogP contribution is -2.39. The number of piperidine rings is 1. The van der Waals surface area contributed by atoms with Crippen molar-refractivity contribution in [2.75, 3.05) is 13.1 Å². The van der Waals surface area contributed by atoms with E-state index in [4.69, 9.17) is 21.3 Å². The highest BCUT2D eigenvalue weighted by molar-refractivity contribution is 6.29. The molecule has 0 spiro atoms. The van der Waals surface area contributed by atoms with Gasteiger partial charge < -0.3 is 9.64 Å². The number of carbonyl (C=O) groups is 1. The number of aromatic nitrogens is 3. The summed E-state index contributed by atoms with van der Waals surface area (Å²) in [6, 6.07) is 9.03. The number of rotatable bonds is 7. The third kappa shape index (κ3) is 6.05. The molecule has 6 nitrogen and oxygen atoms in total. The fourth-order valence-electron chi connectivity index (χ4n) is 4.49. The molecule has 1 amide bonds. The van der Waals surface area contributed by atoms with Crippen LogP contribution in [0.15, 0.2) is 42.6 Å². The maximum absolute atomic E-state index is 14.0. The molecule has 1 aliphatic rings. The summed E-state index contributed by atoms with van der Waals surface area (Å²) in [5, 5.41) is 0.410. The zero-order chi connectivity index (χ0) is 25.9. The molecular formula is C27H29ClF2N4O2. The van der Waals surface area contributed by atoms with Gasteiger partial charge in [-0.3, -0.25) is 4.79 Å². The first-order valence-corrected chi connectivity index (χ1v) is 12.3. The van der Waals surface area contributed by atoms with E-state index in [1.807, 2.05) is 39.1 Å². The minimum absolute atomic E-state index is 0.100. The second kappa shape index (κ2) is 11.0. The van der Waals surface area contributed by atoms with Gasteiger partial charge in [0.2, 0.25) is 5.91 Å². The summed E-state index contributed by atoms with van der Waals surface area (Å²) in [5.41, 5.74) is 1.63. The third-order valence-corrected chi connectivity index (χ3v) is 6.78. The van der Waals surface area contributed by atoms with Gasteiger partial charge in [-0.1, -0.05) is 23.7 Å². The van der Waals surface area contributed by atoms with Gasteiger partial charge in [0.05, 0.1) is 30.0 Å². The minimum Gasteiger partial charge on any atom is -0.364 e. The summed E-state index contributed by atoms with van der Waals surface area (Å²) < 4.78 is 34.2. The first kappa shape index (κ1) is 26.1. The lowest BCUT2D eigenvalue weighted by Gasteiger charge is -2.35. The predicted molar refractivity (Wildman–Crippen MR) is 132 cm³/mol. The number of ether oxygens (including phenoxy) is 1. The number of likely N-dealkylation sites (tertiary alicyclic amines) is 1. The van der Waals surface area contributed by atoms with Gasteiger partial charge in [0.15, 0.2) is 0 Å². The number of halogens is 3. The van der Waals surface area contributed by atoms with Crippen molar-refractivity contribution in [1.29, 1.82) is 0 Å². The molecule has 0 saturated carbocycles. The lowest BCUT2D eigenvalue weighted by molar-refractivity contribution is -0.131. The van der Waals surface area contributed by atoms with Gasteiger partial charge in [-0.15, -0.1) is 0 Å². The Kier molecular flexibility index (Phi) is 7.95. The van der Waals surface area contributed by atoms with Gasteiger partial charge in [0.25, 0.3) is 0 Å². The van der Waals surface area contributed by atoms with Crippen molar-refractivity contribution >= 4 is 17.5 Å². The molecule has 1 fully saturated rings.